The quantitative estimate of drug-likeness (QED) is 0.587. The highest BCUT2D eigenvalue weighted by Crippen LogP contribution is 2.53. The lowest BCUT2D eigenvalue weighted by Crippen LogP contribution is -2.71. The number of nitrogens with zero attached hydrogens (tertiary/aromatic N) is 1. The van der Waals surface area contributed by atoms with E-state index in [0.717, 1.165) is 11.1 Å². The molecule has 3 atom stereocenters. The number of nitrogens with two attached hydrogens (primary N) is 1. The first kappa shape index (κ1) is 27.7. The molecule has 2 heterocycles. The van der Waals surface area contributed by atoms with Crippen molar-refractivity contribution in [3.63, 3.8) is 0 Å². The number of primary amides is 1. The molecule has 2 unspecified atom stereocenters. The first-order valence-corrected chi connectivity index (χ1v) is 12.0. The highest BCUT2D eigenvalue weighted by atomic mass is 19.4. The van der Waals surface area contributed by atoms with Crippen molar-refractivity contribution < 1.29 is 27.8 Å². The lowest BCUT2D eigenvalue weighted by Gasteiger charge is -2.60. The van der Waals surface area contributed by atoms with Crippen LogP contribution in [0.25, 0.3) is 0 Å². The third-order valence-corrected chi connectivity index (χ3v) is 7.66. The summed E-state index contributed by atoms with van der Waals surface area (Å²) in [6.45, 7) is 6.44. The molecule has 0 spiro atoms. The Hall–Kier alpha value is -2.85. The Labute approximate surface area is 208 Å². The van der Waals surface area contributed by atoms with Gasteiger partial charge < -0.3 is 20.6 Å². The molecule has 36 heavy (non-hydrogen) atoms. The zero-order valence-electron chi connectivity index (χ0n) is 21.3. The standard InChI is InChI=1S/C24H28F3N3O4.C2H6/c1-13-4-5-16(34-3)9-18(13)22-6-7-30(12-24(25,26)27)14(2)23(22,33)10-15-8-17(20(28)31)21(32)29-19(15)11-22;1-2/h4-5,8-9,14,33H,6-7,10-12H2,1-3H3,(H2,28,31)(H,29,32);1-2H3/t14?,22-,23?;/m1./s1. The molecular weight excluding hydrogens is 475 g/mol. The van der Waals surface area contributed by atoms with Crippen LogP contribution in [0.15, 0.2) is 29.1 Å². The molecule has 1 aliphatic heterocycles. The second-order valence-electron chi connectivity index (χ2n) is 9.43. The maximum absolute atomic E-state index is 13.3. The number of H-pyrrole nitrogens is 1. The summed E-state index contributed by atoms with van der Waals surface area (Å²) in [6.07, 6.45) is -4.05. The van der Waals surface area contributed by atoms with Gasteiger partial charge >= 0.3 is 6.18 Å². The summed E-state index contributed by atoms with van der Waals surface area (Å²) in [5.41, 5.74) is 4.49. The van der Waals surface area contributed by atoms with Crippen LogP contribution >= 0.6 is 0 Å². The minimum Gasteiger partial charge on any atom is -0.497 e. The molecule has 0 radical (unpaired) electrons. The number of ether oxygens (including phenoxy) is 1. The number of pyridine rings is 1. The largest absolute Gasteiger partial charge is 0.497 e. The van der Waals surface area contributed by atoms with Gasteiger partial charge in [0.25, 0.3) is 11.5 Å². The van der Waals surface area contributed by atoms with Crippen LogP contribution in [0, 0.1) is 6.92 Å². The number of alkyl halides is 3. The number of likely N-dealkylation sites (tertiary alicyclic amines) is 1. The maximum atomic E-state index is 13.3. The van der Waals surface area contributed by atoms with E-state index in [9.17, 15) is 27.9 Å². The van der Waals surface area contributed by atoms with Crippen LogP contribution in [0.4, 0.5) is 13.2 Å². The fourth-order valence-corrected chi connectivity index (χ4v) is 5.86. The van der Waals surface area contributed by atoms with Gasteiger partial charge in [-0.25, -0.2) is 0 Å². The smallest absolute Gasteiger partial charge is 0.401 e. The van der Waals surface area contributed by atoms with Gasteiger partial charge in [0, 0.05) is 30.0 Å². The summed E-state index contributed by atoms with van der Waals surface area (Å²) < 4.78 is 45.4. The van der Waals surface area contributed by atoms with Crippen LogP contribution in [0.1, 0.15) is 59.9 Å². The average molecular weight is 510 g/mol. The number of hydrogen-bond donors (Lipinski definition) is 3. The number of aliphatic hydroxyl groups is 1. The Balaban J connectivity index is 0.00000176. The van der Waals surface area contributed by atoms with E-state index in [4.69, 9.17) is 10.5 Å². The van der Waals surface area contributed by atoms with Crippen molar-refractivity contribution in [3.05, 3.63) is 62.6 Å². The second kappa shape index (κ2) is 9.89. The van der Waals surface area contributed by atoms with Gasteiger partial charge in [-0.05, 0) is 61.7 Å². The van der Waals surface area contributed by atoms with Crippen molar-refractivity contribution in [1.82, 2.24) is 9.88 Å². The first-order valence-electron chi connectivity index (χ1n) is 12.0. The summed E-state index contributed by atoms with van der Waals surface area (Å²) in [5.74, 6) is -0.349. The number of hydrogen-bond acceptors (Lipinski definition) is 5. The molecule has 1 saturated heterocycles. The van der Waals surface area contributed by atoms with Gasteiger partial charge in [-0.1, -0.05) is 19.9 Å². The lowest BCUT2D eigenvalue weighted by atomic mass is 9.53. The molecule has 2 aromatic rings. The molecule has 1 amide bonds. The summed E-state index contributed by atoms with van der Waals surface area (Å²) in [5, 5.41) is 12.3. The number of aromatic amines is 1. The Kier molecular flexibility index (Phi) is 7.62. The van der Waals surface area contributed by atoms with Crippen molar-refractivity contribution >= 4 is 5.91 Å². The number of fused-ring (bicyclic) bond motifs is 2. The predicted molar refractivity (Wildman–Crippen MR) is 130 cm³/mol. The number of aromatic nitrogens is 1. The van der Waals surface area contributed by atoms with Gasteiger partial charge in [-0.3, -0.25) is 14.5 Å². The Bertz CT molecular complexity index is 1200. The summed E-state index contributed by atoms with van der Waals surface area (Å²) in [6, 6.07) is 5.93. The normalized spacial score (nSPS) is 25.8. The summed E-state index contributed by atoms with van der Waals surface area (Å²) >= 11 is 0. The SMILES string of the molecule is CC.COc1ccc(C)c([C@]23CCN(CC(F)(F)F)C(C)C2(O)Cc2cc(C(N)=O)c(=O)[nH]c2C3)c1. The minimum atomic E-state index is -4.42. The van der Waals surface area contributed by atoms with E-state index < -0.39 is 41.2 Å². The molecule has 198 valence electrons. The number of piperidine rings is 1. The number of methoxy groups -OCH3 is 1. The summed E-state index contributed by atoms with van der Waals surface area (Å²) in [7, 11) is 1.52. The Morgan fingerprint density at radius 3 is 2.53 bits per heavy atom. The molecule has 1 aromatic heterocycles. The highest BCUT2D eigenvalue weighted by molar-refractivity contribution is 5.92. The molecule has 7 nitrogen and oxygen atoms in total. The van der Waals surface area contributed by atoms with Crippen molar-refractivity contribution in [3.8, 4) is 5.75 Å². The molecule has 10 heteroatoms. The number of halogens is 3. The van der Waals surface area contributed by atoms with Crippen LogP contribution in [0.5, 0.6) is 5.75 Å². The molecule has 0 saturated carbocycles. The third kappa shape index (κ3) is 4.64. The predicted octanol–water partition coefficient (Wildman–Crippen LogP) is 3.24. The number of carbonyl (C=O) groups is 1. The van der Waals surface area contributed by atoms with Crippen molar-refractivity contribution in [2.75, 3.05) is 20.2 Å². The van der Waals surface area contributed by atoms with Crippen LogP contribution in [0.3, 0.4) is 0 Å². The average Bonchev–Trinajstić information content (AvgIpc) is 2.81. The van der Waals surface area contributed by atoms with Crippen LogP contribution in [-0.4, -0.2) is 58.9 Å². The monoisotopic (exact) mass is 509 g/mol. The van der Waals surface area contributed by atoms with E-state index >= 15 is 0 Å². The van der Waals surface area contributed by atoms with Crippen LogP contribution < -0.4 is 16.0 Å². The Morgan fingerprint density at radius 1 is 1.28 bits per heavy atom. The third-order valence-electron chi connectivity index (χ3n) is 7.66. The number of aryl methyl sites for hydroxylation is 1. The molecule has 1 aliphatic carbocycles. The zero-order valence-corrected chi connectivity index (χ0v) is 21.3. The van der Waals surface area contributed by atoms with Gasteiger partial charge in [0.1, 0.15) is 11.3 Å². The number of amides is 1. The fourth-order valence-electron chi connectivity index (χ4n) is 5.86. The lowest BCUT2D eigenvalue weighted by molar-refractivity contribution is -0.190. The van der Waals surface area contributed by atoms with E-state index in [2.05, 4.69) is 4.98 Å². The molecule has 1 aromatic carbocycles. The van der Waals surface area contributed by atoms with E-state index in [1.165, 1.54) is 18.1 Å². The van der Waals surface area contributed by atoms with E-state index in [1.54, 1.807) is 13.0 Å². The highest BCUT2D eigenvalue weighted by Gasteiger charge is 2.61. The van der Waals surface area contributed by atoms with Crippen LogP contribution in [0.2, 0.25) is 0 Å². The molecule has 2 aliphatic rings. The van der Waals surface area contributed by atoms with Gasteiger partial charge in [0.2, 0.25) is 0 Å². The van der Waals surface area contributed by atoms with Crippen molar-refractivity contribution in [2.45, 2.75) is 70.2 Å². The molecule has 4 rings (SSSR count). The molecular formula is C26H34F3N3O4. The minimum absolute atomic E-state index is 0.0500. The number of nitrogens with one attached hydrogen (secondary N) is 1. The van der Waals surface area contributed by atoms with Crippen molar-refractivity contribution in [1.29, 1.82) is 0 Å². The summed E-state index contributed by atoms with van der Waals surface area (Å²) in [4.78, 5) is 28.2. The second-order valence-corrected chi connectivity index (χ2v) is 9.43. The van der Waals surface area contributed by atoms with E-state index in [0.29, 0.717) is 17.0 Å². The van der Waals surface area contributed by atoms with Crippen molar-refractivity contribution in [2.24, 2.45) is 5.73 Å². The molecule has 1 fully saturated rings. The Morgan fingerprint density at radius 2 is 1.94 bits per heavy atom. The van der Waals surface area contributed by atoms with Gasteiger partial charge in [0.05, 0.1) is 19.3 Å². The first-order chi connectivity index (χ1) is 16.8. The number of carbonyl (C=O) groups excluding carboxylic acids is 1. The van der Waals surface area contributed by atoms with Gasteiger partial charge in [-0.15, -0.1) is 0 Å². The maximum Gasteiger partial charge on any atom is 0.401 e. The van der Waals surface area contributed by atoms with E-state index in [1.807, 2.05) is 32.9 Å². The zero-order chi connectivity index (χ0) is 27.1. The van der Waals surface area contributed by atoms with Gasteiger partial charge in [0.15, 0.2) is 0 Å². The number of rotatable bonds is 4. The van der Waals surface area contributed by atoms with Gasteiger partial charge in [-0.2, -0.15) is 13.2 Å². The molecule has 0 bridgehead atoms. The molecule has 4 N–H and O–H groups in total. The van der Waals surface area contributed by atoms with Crippen LogP contribution in [-0.2, 0) is 18.3 Å². The van der Waals surface area contributed by atoms with E-state index in [-0.39, 0.29) is 31.4 Å². The number of benzene rings is 1. The topological polar surface area (TPSA) is 109 Å². The fraction of sp³-hybridized carbons (Fsp3) is 0.538.